The van der Waals surface area contributed by atoms with Gasteiger partial charge < -0.3 is 20.1 Å². The molecule has 0 aliphatic carbocycles. The molecule has 266 valence electrons. The number of rotatable bonds is 25. The highest BCUT2D eigenvalue weighted by Crippen LogP contribution is 2.13. The van der Waals surface area contributed by atoms with Gasteiger partial charge in [0.2, 0.25) is 11.8 Å². The van der Waals surface area contributed by atoms with Gasteiger partial charge in [-0.1, -0.05) is 138 Å². The predicted molar refractivity (Wildman–Crippen MR) is 189 cm³/mol. The zero-order valence-corrected chi connectivity index (χ0v) is 29.1. The van der Waals surface area contributed by atoms with E-state index >= 15 is 0 Å². The second kappa shape index (κ2) is 26.2. The summed E-state index contributed by atoms with van der Waals surface area (Å²) in [7, 11) is 0. The van der Waals surface area contributed by atoms with Crippen molar-refractivity contribution in [1.29, 1.82) is 0 Å². The lowest BCUT2D eigenvalue weighted by atomic mass is 10.0. The van der Waals surface area contributed by atoms with Crippen LogP contribution in [0.2, 0.25) is 0 Å². The lowest BCUT2D eigenvalue weighted by Crippen LogP contribution is -2.45. The minimum atomic E-state index is -0.726. The third-order valence-corrected chi connectivity index (χ3v) is 8.17. The molecule has 0 saturated carbocycles. The topological polar surface area (TPSA) is 135 Å². The maximum atomic E-state index is 12.2. The van der Waals surface area contributed by atoms with E-state index < -0.39 is 24.3 Å². The fraction of sp³-hybridized carbons (Fsp3) is 0.579. The Kier molecular flexibility index (Phi) is 22.1. The Morgan fingerprint density at radius 3 is 1.08 bits per heavy atom. The molecule has 0 fully saturated rings. The van der Waals surface area contributed by atoms with E-state index in [4.69, 9.17) is 9.47 Å². The Morgan fingerprint density at radius 1 is 0.479 bits per heavy atom. The van der Waals surface area contributed by atoms with Gasteiger partial charge in [0.05, 0.1) is 12.1 Å². The quantitative estimate of drug-likeness (QED) is 0.0811. The molecule has 0 spiro atoms. The number of alkyl carbamates (subject to hydrolysis) is 2. The minimum Gasteiger partial charge on any atom is -0.444 e. The van der Waals surface area contributed by atoms with Gasteiger partial charge in [-0.25, -0.2) is 9.59 Å². The van der Waals surface area contributed by atoms with Gasteiger partial charge >= 0.3 is 12.2 Å². The smallest absolute Gasteiger partial charge is 0.414 e. The van der Waals surface area contributed by atoms with Gasteiger partial charge in [0.15, 0.2) is 0 Å². The van der Waals surface area contributed by atoms with Gasteiger partial charge in [0.1, 0.15) is 13.2 Å². The van der Waals surface area contributed by atoms with Crippen LogP contribution in [0.4, 0.5) is 9.59 Å². The number of amides is 4. The normalized spacial score (nSPS) is 12.1. The van der Waals surface area contributed by atoms with Crippen molar-refractivity contribution < 1.29 is 28.7 Å². The average molecular weight is 667 g/mol. The first-order valence-corrected chi connectivity index (χ1v) is 17.8. The van der Waals surface area contributed by atoms with Gasteiger partial charge in [-0.2, -0.15) is 0 Å². The molecular formula is C38H58N4O6. The fourth-order valence-corrected chi connectivity index (χ4v) is 5.13. The molecule has 0 aromatic heterocycles. The van der Waals surface area contributed by atoms with E-state index in [9.17, 15) is 19.2 Å². The second-order valence-corrected chi connectivity index (χ2v) is 12.4. The molecule has 2 atom stereocenters. The molecule has 0 saturated heterocycles. The van der Waals surface area contributed by atoms with Crippen LogP contribution in [0.25, 0.3) is 0 Å². The highest BCUT2D eigenvalue weighted by Gasteiger charge is 2.17. The van der Waals surface area contributed by atoms with E-state index in [1.807, 2.05) is 60.7 Å². The van der Waals surface area contributed by atoms with Crippen LogP contribution in [-0.2, 0) is 32.3 Å². The molecule has 48 heavy (non-hydrogen) atoms. The first-order chi connectivity index (χ1) is 23.3. The lowest BCUT2D eigenvalue weighted by molar-refractivity contribution is -0.123. The summed E-state index contributed by atoms with van der Waals surface area (Å²) in [5, 5.41) is 10.9. The summed E-state index contributed by atoms with van der Waals surface area (Å²) in [6.45, 7) is 5.25. The van der Waals surface area contributed by atoms with Crippen LogP contribution in [0.1, 0.15) is 115 Å². The lowest BCUT2D eigenvalue weighted by Gasteiger charge is -2.13. The van der Waals surface area contributed by atoms with Crippen LogP contribution >= 0.6 is 0 Å². The van der Waals surface area contributed by atoms with E-state index in [1.54, 1.807) is 13.8 Å². The molecule has 0 unspecified atom stereocenters. The monoisotopic (exact) mass is 666 g/mol. The summed E-state index contributed by atoms with van der Waals surface area (Å²) >= 11 is 0. The van der Waals surface area contributed by atoms with Gasteiger partial charge in [-0.15, -0.1) is 0 Å². The van der Waals surface area contributed by atoms with Crippen molar-refractivity contribution in [2.45, 2.75) is 129 Å². The number of nitrogens with one attached hydrogen (secondary N) is 4. The molecule has 10 nitrogen and oxygen atoms in total. The molecule has 4 amide bonds. The van der Waals surface area contributed by atoms with Crippen molar-refractivity contribution in [3.05, 3.63) is 71.8 Å². The van der Waals surface area contributed by atoms with Crippen LogP contribution in [0, 0.1) is 0 Å². The van der Waals surface area contributed by atoms with Crippen LogP contribution < -0.4 is 21.3 Å². The van der Waals surface area contributed by atoms with Crippen LogP contribution in [0.5, 0.6) is 0 Å². The summed E-state index contributed by atoms with van der Waals surface area (Å²) in [6.07, 6.45) is 15.4. The Labute approximate surface area is 287 Å². The number of hydrogen-bond donors (Lipinski definition) is 4. The molecule has 0 heterocycles. The number of carbonyl (C=O) groups is 4. The molecule has 2 aromatic rings. The van der Waals surface area contributed by atoms with Crippen molar-refractivity contribution in [2.24, 2.45) is 0 Å². The maximum absolute atomic E-state index is 12.2. The molecule has 0 aliphatic rings. The number of carbonyl (C=O) groups excluding carboxylic acids is 4. The van der Waals surface area contributed by atoms with E-state index in [2.05, 4.69) is 21.3 Å². The number of unbranched alkanes of at least 4 members (excludes halogenated alkanes) is 13. The summed E-state index contributed by atoms with van der Waals surface area (Å²) in [5.74, 6) is -0.758. The van der Waals surface area contributed by atoms with E-state index in [0.717, 1.165) is 49.9 Å². The summed E-state index contributed by atoms with van der Waals surface area (Å²) in [6, 6.07) is 17.8. The van der Waals surface area contributed by atoms with Crippen molar-refractivity contribution >= 4 is 24.0 Å². The molecule has 2 aromatic carbocycles. The SMILES string of the molecule is C[C@H](NCCCCCCCCCCCCCCCCN[C@@H](C)C(=O)NC(=O)OCc1ccccc1)C(=O)NC(=O)OCc1ccccc1. The number of imide groups is 2. The maximum Gasteiger partial charge on any atom is 0.414 e. The number of hydrogen-bond acceptors (Lipinski definition) is 8. The minimum absolute atomic E-state index is 0.132. The van der Waals surface area contributed by atoms with E-state index in [0.29, 0.717) is 0 Å². The Bertz CT molecular complexity index is 1070. The second-order valence-electron chi connectivity index (χ2n) is 12.4. The van der Waals surface area contributed by atoms with Crippen molar-refractivity contribution in [3.63, 3.8) is 0 Å². The van der Waals surface area contributed by atoms with Gasteiger partial charge in [0.25, 0.3) is 0 Å². The number of ether oxygens (including phenoxy) is 2. The van der Waals surface area contributed by atoms with Crippen molar-refractivity contribution in [3.8, 4) is 0 Å². The Balaban J connectivity index is 1.29. The summed E-state index contributed by atoms with van der Waals surface area (Å²) in [5.41, 5.74) is 1.74. The average Bonchev–Trinajstić information content (AvgIpc) is 3.09. The van der Waals surface area contributed by atoms with Gasteiger partial charge in [-0.3, -0.25) is 20.2 Å². The summed E-state index contributed by atoms with van der Waals surface area (Å²) in [4.78, 5) is 48.1. The Hall–Kier alpha value is -3.76. The van der Waals surface area contributed by atoms with Crippen molar-refractivity contribution in [1.82, 2.24) is 21.3 Å². The van der Waals surface area contributed by atoms with E-state index in [-0.39, 0.29) is 25.0 Å². The van der Waals surface area contributed by atoms with Crippen molar-refractivity contribution in [2.75, 3.05) is 13.1 Å². The third-order valence-electron chi connectivity index (χ3n) is 8.17. The molecular weight excluding hydrogens is 608 g/mol. The van der Waals surface area contributed by atoms with Gasteiger partial charge in [0, 0.05) is 0 Å². The number of benzene rings is 2. The standard InChI is InChI=1S/C38H58N4O6/c1-31(35(43)41-37(45)47-29-33-23-17-15-18-24-33)39-27-21-13-11-9-7-5-3-4-6-8-10-12-14-22-28-40-32(2)36(44)42-38(46)48-30-34-25-19-16-20-26-34/h15-20,23-26,31-32,39-40H,3-14,21-22,27-30H2,1-2H3,(H,41,43,45)(H,42,44,46)/t31-,32-/m0/s1. The van der Waals surface area contributed by atoms with Crippen LogP contribution in [-0.4, -0.2) is 49.2 Å². The highest BCUT2D eigenvalue weighted by molar-refractivity contribution is 5.95. The highest BCUT2D eigenvalue weighted by atomic mass is 16.6. The first-order valence-electron chi connectivity index (χ1n) is 17.8. The molecule has 0 bridgehead atoms. The largest absolute Gasteiger partial charge is 0.444 e. The molecule has 0 radical (unpaired) electrons. The molecule has 2 rings (SSSR count). The van der Waals surface area contributed by atoms with Gasteiger partial charge in [-0.05, 0) is 50.9 Å². The molecule has 4 N–H and O–H groups in total. The zero-order chi connectivity index (χ0) is 34.7. The molecule has 0 aliphatic heterocycles. The summed E-state index contributed by atoms with van der Waals surface area (Å²) < 4.78 is 10.2. The predicted octanol–water partition coefficient (Wildman–Crippen LogP) is 7.31. The fourth-order valence-electron chi connectivity index (χ4n) is 5.13. The first kappa shape index (κ1) is 40.4. The Morgan fingerprint density at radius 2 is 0.771 bits per heavy atom. The zero-order valence-electron chi connectivity index (χ0n) is 29.1. The molecule has 10 heteroatoms. The van der Waals surface area contributed by atoms with E-state index in [1.165, 1.54) is 64.2 Å². The van der Waals surface area contributed by atoms with Crippen LogP contribution in [0.3, 0.4) is 0 Å². The van der Waals surface area contributed by atoms with Crippen LogP contribution in [0.15, 0.2) is 60.7 Å². The third kappa shape index (κ3) is 20.5.